The predicted molar refractivity (Wildman–Crippen MR) is 93.2 cm³/mol. The highest BCUT2D eigenvalue weighted by Crippen LogP contribution is 2.40. The molecule has 1 nitrogen and oxygen atoms in total. The molecule has 1 aliphatic carbocycles. The summed E-state index contributed by atoms with van der Waals surface area (Å²) < 4.78 is 61.5. The van der Waals surface area contributed by atoms with Crippen molar-refractivity contribution >= 4 is 0 Å². The number of hydrogen-bond acceptors (Lipinski definition) is 1. The van der Waals surface area contributed by atoms with Gasteiger partial charge in [-0.05, 0) is 50.9 Å². The summed E-state index contributed by atoms with van der Waals surface area (Å²) in [5.41, 5.74) is 1.52. The van der Waals surface area contributed by atoms with Crippen molar-refractivity contribution in [2.75, 3.05) is 6.61 Å². The highest BCUT2D eigenvalue weighted by atomic mass is 16.2. The van der Waals surface area contributed by atoms with Crippen molar-refractivity contribution in [2.24, 2.45) is 5.41 Å². The fraction of sp³-hybridized carbons (Fsp3) is 0.500. The molecule has 0 saturated carbocycles. The summed E-state index contributed by atoms with van der Waals surface area (Å²) in [6, 6.07) is -0.856. The Morgan fingerprint density at radius 1 is 1.33 bits per heavy atom. The van der Waals surface area contributed by atoms with Crippen LogP contribution in [0.5, 0.6) is 0 Å². The average Bonchev–Trinajstić information content (AvgIpc) is 2.54. The number of aliphatic hydroxyl groups excluding tert-OH is 1. The van der Waals surface area contributed by atoms with Crippen molar-refractivity contribution < 1.29 is 16.1 Å². The van der Waals surface area contributed by atoms with E-state index in [0.29, 0.717) is 0 Å². The number of hydrogen-bond donors (Lipinski definition) is 1. The molecule has 0 aromatic heterocycles. The third-order valence-corrected chi connectivity index (χ3v) is 3.72. The van der Waals surface area contributed by atoms with E-state index in [1.165, 1.54) is 11.6 Å². The maximum Gasteiger partial charge on any atom is 0.0625 e. The minimum absolute atomic E-state index is 0.0882. The summed E-state index contributed by atoms with van der Waals surface area (Å²) >= 11 is 0. The standard InChI is InChI=1S/C20H30O/c1-16(8-6-9-17(2)13-15-21)11-12-19-18(3)10-7-14-20(19,4)5/h6,8-9,11-13,21H,7,10,14-15H2,1-5H3/b9-6+,12-11+,16-8+,17-13+/i1D3,2D3,8D,13D. The van der Waals surface area contributed by atoms with Crippen molar-refractivity contribution in [3.63, 3.8) is 0 Å². The van der Waals surface area contributed by atoms with Crippen LogP contribution in [0.3, 0.4) is 0 Å². The summed E-state index contributed by atoms with van der Waals surface area (Å²) in [6.45, 7) is 0.264. The van der Waals surface area contributed by atoms with Crippen LogP contribution in [0.2, 0.25) is 0 Å². The van der Waals surface area contributed by atoms with Gasteiger partial charge in [-0.15, -0.1) is 0 Å². The first-order chi connectivity index (χ1) is 13.1. The molecule has 116 valence electrons. The zero-order valence-corrected chi connectivity index (χ0v) is 13.1. The number of rotatable bonds is 5. The summed E-state index contributed by atoms with van der Waals surface area (Å²) in [5.74, 6) is 0. The minimum Gasteiger partial charge on any atom is -0.392 e. The third kappa shape index (κ3) is 5.89. The van der Waals surface area contributed by atoms with Crippen molar-refractivity contribution in [1.29, 1.82) is 0 Å². The van der Waals surface area contributed by atoms with E-state index in [2.05, 4.69) is 13.8 Å². The van der Waals surface area contributed by atoms with Gasteiger partial charge in [-0.2, -0.15) is 0 Å². The normalized spacial score (nSPS) is 28.6. The van der Waals surface area contributed by atoms with Crippen LogP contribution in [0.25, 0.3) is 0 Å². The molecule has 0 saturated heterocycles. The molecule has 1 heteroatoms. The minimum atomic E-state index is -2.65. The predicted octanol–water partition coefficient (Wildman–Crippen LogP) is 5.51. The van der Waals surface area contributed by atoms with Gasteiger partial charge in [0.15, 0.2) is 0 Å². The van der Waals surface area contributed by atoms with Crippen LogP contribution in [0.15, 0.2) is 58.7 Å². The molecule has 0 spiro atoms. The van der Waals surface area contributed by atoms with Crippen molar-refractivity contribution in [3.8, 4) is 0 Å². The van der Waals surface area contributed by atoms with Gasteiger partial charge in [0.1, 0.15) is 0 Å². The highest BCUT2D eigenvalue weighted by Gasteiger charge is 2.26. The van der Waals surface area contributed by atoms with E-state index in [4.69, 9.17) is 16.1 Å². The Bertz CT molecular complexity index is 758. The van der Waals surface area contributed by atoms with Gasteiger partial charge in [0.2, 0.25) is 0 Å². The lowest BCUT2D eigenvalue weighted by Gasteiger charge is -2.32. The van der Waals surface area contributed by atoms with Crippen LogP contribution < -0.4 is 0 Å². The lowest BCUT2D eigenvalue weighted by Crippen LogP contribution is -2.19. The Labute approximate surface area is 141 Å². The van der Waals surface area contributed by atoms with Gasteiger partial charge in [0.25, 0.3) is 0 Å². The van der Waals surface area contributed by atoms with Crippen molar-refractivity contribution in [1.82, 2.24) is 0 Å². The first-order valence-electron chi connectivity index (χ1n) is 11.2. The largest absolute Gasteiger partial charge is 0.392 e. The molecule has 21 heavy (non-hydrogen) atoms. The van der Waals surface area contributed by atoms with Gasteiger partial charge in [-0.25, -0.2) is 0 Å². The Morgan fingerprint density at radius 3 is 2.71 bits per heavy atom. The second kappa shape index (κ2) is 8.19. The Morgan fingerprint density at radius 2 is 2.10 bits per heavy atom. The quantitative estimate of drug-likeness (QED) is 0.663. The maximum atomic E-state index is 9.08. The molecule has 0 unspecified atom stereocenters. The van der Waals surface area contributed by atoms with Gasteiger partial charge in [0.05, 0.1) is 9.35 Å². The molecule has 0 aromatic carbocycles. The Hall–Kier alpha value is -1.34. The summed E-state index contributed by atoms with van der Waals surface area (Å²) in [5, 5.41) is 9.08. The van der Waals surface area contributed by atoms with E-state index in [1.807, 2.05) is 6.92 Å². The van der Waals surface area contributed by atoms with Crippen LogP contribution in [-0.2, 0) is 0 Å². The average molecular weight is 295 g/mol. The molecule has 0 aliphatic heterocycles. The van der Waals surface area contributed by atoms with Crippen LogP contribution >= 0.6 is 0 Å². The molecule has 0 fully saturated rings. The van der Waals surface area contributed by atoms with Crippen LogP contribution in [-0.4, -0.2) is 11.7 Å². The molecule has 0 radical (unpaired) electrons. The van der Waals surface area contributed by atoms with Gasteiger partial charge in [0, 0.05) is 8.22 Å². The second-order valence-corrected chi connectivity index (χ2v) is 5.90. The van der Waals surface area contributed by atoms with Crippen LogP contribution in [0.1, 0.15) is 64.7 Å². The zero-order chi connectivity index (χ0) is 22.6. The fourth-order valence-corrected chi connectivity index (χ4v) is 2.58. The molecule has 0 amide bonds. The third-order valence-electron chi connectivity index (χ3n) is 3.72. The molecule has 0 bridgehead atoms. The van der Waals surface area contributed by atoms with E-state index in [9.17, 15) is 0 Å². The van der Waals surface area contributed by atoms with Crippen molar-refractivity contribution in [3.05, 3.63) is 58.7 Å². The molecule has 0 heterocycles. The van der Waals surface area contributed by atoms with Gasteiger partial charge >= 0.3 is 0 Å². The monoisotopic (exact) mass is 294 g/mol. The molecule has 0 aromatic rings. The topological polar surface area (TPSA) is 20.2 Å². The SMILES string of the molecule is [2H]C(/C=C/C(=C(\[2H])CO)C([2H])([2H])[2H])=C(\C=C\C1=C(C)CCCC1(C)C)C([2H])([2H])[2H]. The molecular formula is C20H30O. The lowest BCUT2D eigenvalue weighted by atomic mass is 9.72. The fourth-order valence-electron chi connectivity index (χ4n) is 2.58. The van der Waals surface area contributed by atoms with Crippen LogP contribution in [0, 0.1) is 5.41 Å². The maximum absolute atomic E-state index is 9.08. The van der Waals surface area contributed by atoms with Gasteiger partial charge in [-0.3, -0.25) is 0 Å². The summed E-state index contributed by atoms with van der Waals surface area (Å²) in [4.78, 5) is 0. The van der Waals surface area contributed by atoms with Crippen molar-refractivity contribution in [2.45, 2.75) is 53.7 Å². The molecule has 1 aliphatic rings. The number of aliphatic hydroxyl groups is 1. The van der Waals surface area contributed by atoms with E-state index in [0.717, 1.165) is 37.0 Å². The van der Waals surface area contributed by atoms with Gasteiger partial charge < -0.3 is 5.11 Å². The Balaban J connectivity index is 3.42. The smallest absolute Gasteiger partial charge is 0.0625 e. The summed E-state index contributed by atoms with van der Waals surface area (Å²) in [6.07, 6.45) is 8.26. The lowest BCUT2D eigenvalue weighted by molar-refractivity contribution is 0.342. The second-order valence-electron chi connectivity index (χ2n) is 5.90. The molecule has 1 rings (SSSR count). The van der Waals surface area contributed by atoms with E-state index in [1.54, 1.807) is 6.08 Å². The van der Waals surface area contributed by atoms with E-state index < -0.39 is 31.9 Å². The van der Waals surface area contributed by atoms with E-state index in [-0.39, 0.29) is 17.0 Å². The molecule has 1 N–H and O–H groups in total. The first kappa shape index (κ1) is 8.95. The molecular weight excluding hydrogens is 256 g/mol. The summed E-state index contributed by atoms with van der Waals surface area (Å²) in [7, 11) is 0. The van der Waals surface area contributed by atoms with Gasteiger partial charge in [-0.1, -0.05) is 67.0 Å². The first-order valence-corrected chi connectivity index (χ1v) is 7.20. The van der Waals surface area contributed by atoms with Crippen LogP contribution in [0.4, 0.5) is 0 Å². The zero-order valence-electron chi connectivity index (χ0n) is 21.1. The Kier molecular flexibility index (Phi) is 3.49. The molecule has 0 atom stereocenters. The van der Waals surface area contributed by atoms with E-state index >= 15 is 0 Å². The number of allylic oxidation sites excluding steroid dienone is 9. The highest BCUT2D eigenvalue weighted by molar-refractivity contribution is 5.37.